The highest BCUT2D eigenvalue weighted by Gasteiger charge is 2.27. The fourth-order valence-electron chi connectivity index (χ4n) is 3.52. The molecule has 0 aliphatic carbocycles. The average molecular weight is 414 g/mol. The highest BCUT2D eigenvalue weighted by atomic mass is 32.2. The zero-order valence-corrected chi connectivity index (χ0v) is 16.9. The van der Waals surface area contributed by atoms with Crippen LogP contribution in [0.4, 0.5) is 0 Å². The molecule has 4 rings (SSSR count). The first-order chi connectivity index (χ1) is 14.0. The lowest BCUT2D eigenvalue weighted by Crippen LogP contribution is -2.40. The van der Waals surface area contributed by atoms with E-state index in [1.807, 2.05) is 31.2 Å². The summed E-state index contributed by atoms with van der Waals surface area (Å²) in [6.07, 6.45) is 0.760. The van der Waals surface area contributed by atoms with Crippen molar-refractivity contribution < 1.29 is 22.7 Å². The van der Waals surface area contributed by atoms with Crippen LogP contribution in [0, 0.1) is 0 Å². The molecule has 8 heteroatoms. The van der Waals surface area contributed by atoms with E-state index in [0.717, 1.165) is 17.6 Å². The Morgan fingerprint density at radius 3 is 2.52 bits per heavy atom. The molecule has 1 aliphatic rings. The molecule has 2 heterocycles. The lowest BCUT2D eigenvalue weighted by atomic mass is 10.1. The van der Waals surface area contributed by atoms with Crippen molar-refractivity contribution in [2.45, 2.75) is 11.8 Å². The number of sulfonamides is 1. The van der Waals surface area contributed by atoms with Crippen LogP contribution in [0.3, 0.4) is 0 Å². The zero-order chi connectivity index (χ0) is 20.4. The fourth-order valence-corrected chi connectivity index (χ4v) is 4.96. The number of carbonyl (C=O) groups excluding carboxylic acids is 1. The molecule has 1 fully saturated rings. The molecule has 0 spiro atoms. The van der Waals surface area contributed by atoms with Crippen molar-refractivity contribution in [3.05, 3.63) is 48.0 Å². The first-order valence-electron chi connectivity index (χ1n) is 9.46. The van der Waals surface area contributed by atoms with Crippen molar-refractivity contribution >= 4 is 27.2 Å². The SMILES string of the molecule is CCOc1ccc(-c2[nH]c3ccc(S(=O)(=O)N4CCOCC4)cc3c2C=O)cc1. The van der Waals surface area contributed by atoms with E-state index in [1.165, 1.54) is 4.31 Å². The predicted octanol–water partition coefficient (Wildman–Crippen LogP) is 3.07. The van der Waals surface area contributed by atoms with Gasteiger partial charge in [0.1, 0.15) is 5.75 Å². The molecule has 1 aromatic heterocycles. The van der Waals surface area contributed by atoms with Gasteiger partial charge in [-0.3, -0.25) is 4.79 Å². The lowest BCUT2D eigenvalue weighted by Gasteiger charge is -2.26. The van der Waals surface area contributed by atoms with Gasteiger partial charge in [0, 0.05) is 29.6 Å². The number of rotatable bonds is 6. The number of hydrogen-bond acceptors (Lipinski definition) is 5. The summed E-state index contributed by atoms with van der Waals surface area (Å²) in [4.78, 5) is 15.3. The maximum absolute atomic E-state index is 13.0. The summed E-state index contributed by atoms with van der Waals surface area (Å²) in [5, 5.41) is 0.582. The Morgan fingerprint density at radius 2 is 1.86 bits per heavy atom. The quantitative estimate of drug-likeness (QED) is 0.626. The highest BCUT2D eigenvalue weighted by Crippen LogP contribution is 2.32. The van der Waals surface area contributed by atoms with Crippen molar-refractivity contribution in [1.82, 2.24) is 9.29 Å². The molecular formula is C21H22N2O5S. The Balaban J connectivity index is 1.76. The van der Waals surface area contributed by atoms with Gasteiger partial charge in [-0.05, 0) is 55.0 Å². The van der Waals surface area contributed by atoms with Gasteiger partial charge < -0.3 is 14.5 Å². The normalized spacial score (nSPS) is 15.5. The molecule has 3 aromatic rings. The number of fused-ring (bicyclic) bond motifs is 1. The number of aromatic amines is 1. The minimum Gasteiger partial charge on any atom is -0.494 e. The third-order valence-electron chi connectivity index (χ3n) is 4.99. The summed E-state index contributed by atoms with van der Waals surface area (Å²) < 4.78 is 38.1. The third-order valence-corrected chi connectivity index (χ3v) is 6.88. The van der Waals surface area contributed by atoms with Gasteiger partial charge in [0.15, 0.2) is 6.29 Å². The molecule has 29 heavy (non-hydrogen) atoms. The van der Waals surface area contributed by atoms with E-state index in [9.17, 15) is 13.2 Å². The number of aldehydes is 1. The summed E-state index contributed by atoms with van der Waals surface area (Å²) in [7, 11) is -3.64. The second-order valence-corrected chi connectivity index (χ2v) is 8.65. The van der Waals surface area contributed by atoms with Crippen LogP contribution in [0.15, 0.2) is 47.4 Å². The van der Waals surface area contributed by atoms with Crippen LogP contribution < -0.4 is 4.74 Å². The second kappa shape index (κ2) is 7.98. The molecule has 0 bridgehead atoms. The van der Waals surface area contributed by atoms with Gasteiger partial charge >= 0.3 is 0 Å². The molecule has 1 aliphatic heterocycles. The molecule has 152 valence electrons. The van der Waals surface area contributed by atoms with Gasteiger partial charge in [-0.1, -0.05) is 0 Å². The second-order valence-electron chi connectivity index (χ2n) is 6.71. The summed E-state index contributed by atoms with van der Waals surface area (Å²) >= 11 is 0. The lowest BCUT2D eigenvalue weighted by molar-refractivity contribution is 0.0730. The minimum atomic E-state index is -3.64. The summed E-state index contributed by atoms with van der Waals surface area (Å²) in [5.74, 6) is 0.749. The standard InChI is InChI=1S/C21H22N2O5S/c1-2-28-16-5-3-15(4-6-16)21-19(14-24)18-13-17(7-8-20(18)22-21)29(25,26)23-9-11-27-12-10-23/h3-8,13-14,22H,2,9-12H2,1H3. The fraction of sp³-hybridized carbons (Fsp3) is 0.286. The van der Waals surface area contributed by atoms with Crippen molar-refractivity contribution in [2.75, 3.05) is 32.9 Å². The van der Waals surface area contributed by atoms with Gasteiger partial charge in [0.2, 0.25) is 10.0 Å². The Morgan fingerprint density at radius 1 is 1.14 bits per heavy atom. The van der Waals surface area contributed by atoms with Gasteiger partial charge in [0.25, 0.3) is 0 Å². The molecular weight excluding hydrogens is 392 g/mol. The molecule has 0 atom stereocenters. The van der Waals surface area contributed by atoms with E-state index in [4.69, 9.17) is 9.47 Å². The molecule has 1 N–H and O–H groups in total. The van der Waals surface area contributed by atoms with Crippen LogP contribution >= 0.6 is 0 Å². The monoisotopic (exact) mass is 414 g/mol. The van der Waals surface area contributed by atoms with E-state index < -0.39 is 10.0 Å². The number of nitrogens with zero attached hydrogens (tertiary/aromatic N) is 1. The van der Waals surface area contributed by atoms with Crippen LogP contribution in [0.25, 0.3) is 22.2 Å². The van der Waals surface area contributed by atoms with Gasteiger partial charge in [0.05, 0.1) is 30.4 Å². The number of nitrogens with one attached hydrogen (secondary N) is 1. The summed E-state index contributed by atoms with van der Waals surface area (Å²) in [6.45, 7) is 3.90. The van der Waals surface area contributed by atoms with Gasteiger partial charge in [-0.2, -0.15) is 4.31 Å². The molecule has 7 nitrogen and oxygen atoms in total. The summed E-state index contributed by atoms with van der Waals surface area (Å²) in [5.41, 5.74) is 2.61. The number of morpholine rings is 1. The van der Waals surface area contributed by atoms with E-state index in [2.05, 4.69) is 4.98 Å². The Kier molecular flexibility index (Phi) is 5.40. The molecule has 0 amide bonds. The molecule has 1 saturated heterocycles. The number of aromatic nitrogens is 1. The maximum Gasteiger partial charge on any atom is 0.243 e. The van der Waals surface area contributed by atoms with E-state index in [0.29, 0.717) is 55.1 Å². The molecule has 0 saturated carbocycles. The van der Waals surface area contributed by atoms with Crippen molar-refractivity contribution in [2.24, 2.45) is 0 Å². The Bertz CT molecular complexity index is 1130. The molecule has 0 unspecified atom stereocenters. The van der Waals surface area contributed by atoms with Crippen LogP contribution in [0.2, 0.25) is 0 Å². The molecule has 0 radical (unpaired) electrons. The van der Waals surface area contributed by atoms with Crippen LogP contribution in [0.1, 0.15) is 17.3 Å². The third kappa shape index (κ3) is 3.66. The van der Waals surface area contributed by atoms with Crippen molar-refractivity contribution in [3.8, 4) is 17.0 Å². The van der Waals surface area contributed by atoms with Crippen LogP contribution in [-0.4, -0.2) is 56.9 Å². The van der Waals surface area contributed by atoms with Gasteiger partial charge in [-0.25, -0.2) is 8.42 Å². The number of carbonyl (C=O) groups is 1. The minimum absolute atomic E-state index is 0.173. The van der Waals surface area contributed by atoms with Crippen molar-refractivity contribution in [1.29, 1.82) is 0 Å². The van der Waals surface area contributed by atoms with E-state index in [-0.39, 0.29) is 4.90 Å². The topological polar surface area (TPSA) is 88.7 Å². The summed E-state index contributed by atoms with van der Waals surface area (Å²) in [6, 6.07) is 12.3. The number of H-pyrrole nitrogens is 1. The smallest absolute Gasteiger partial charge is 0.243 e. The zero-order valence-electron chi connectivity index (χ0n) is 16.1. The first kappa shape index (κ1) is 19.6. The van der Waals surface area contributed by atoms with E-state index in [1.54, 1.807) is 18.2 Å². The Hall–Kier alpha value is -2.68. The maximum atomic E-state index is 13.0. The Labute approximate surface area is 169 Å². The largest absolute Gasteiger partial charge is 0.494 e. The average Bonchev–Trinajstić information content (AvgIpc) is 3.13. The predicted molar refractivity (Wildman–Crippen MR) is 110 cm³/mol. The van der Waals surface area contributed by atoms with Crippen LogP contribution in [-0.2, 0) is 14.8 Å². The van der Waals surface area contributed by atoms with E-state index >= 15 is 0 Å². The molecule has 2 aromatic carbocycles. The van der Waals surface area contributed by atoms with Crippen molar-refractivity contribution in [3.63, 3.8) is 0 Å². The van der Waals surface area contributed by atoms with Crippen LogP contribution in [0.5, 0.6) is 5.75 Å². The van der Waals surface area contributed by atoms with Gasteiger partial charge in [-0.15, -0.1) is 0 Å². The number of ether oxygens (including phenoxy) is 2. The highest BCUT2D eigenvalue weighted by molar-refractivity contribution is 7.89. The number of hydrogen-bond donors (Lipinski definition) is 1. The first-order valence-corrected chi connectivity index (χ1v) is 10.9. The number of benzene rings is 2.